The predicted molar refractivity (Wildman–Crippen MR) is 91.9 cm³/mol. The van der Waals surface area contributed by atoms with Crippen molar-refractivity contribution in [3.05, 3.63) is 42.4 Å². The molecule has 0 aliphatic carbocycles. The fourth-order valence-corrected chi connectivity index (χ4v) is 3.42. The lowest BCUT2D eigenvalue weighted by molar-refractivity contribution is -0.397. The molecular formula is C18H22N5+. The number of nitrogens with two attached hydrogens (primary N) is 1. The van der Waals surface area contributed by atoms with E-state index < -0.39 is 0 Å². The van der Waals surface area contributed by atoms with Crippen LogP contribution in [0.4, 0.5) is 5.69 Å². The van der Waals surface area contributed by atoms with Crippen molar-refractivity contribution in [3.8, 4) is 11.3 Å². The number of benzene rings is 1. The predicted octanol–water partition coefficient (Wildman–Crippen LogP) is 2.48. The maximum absolute atomic E-state index is 5.88. The van der Waals surface area contributed by atoms with E-state index in [4.69, 9.17) is 10.7 Å². The number of hydrogen-bond donors (Lipinski definition) is 3. The molecule has 0 bridgehead atoms. The number of aromatic nitrogens is 3. The summed E-state index contributed by atoms with van der Waals surface area (Å²) in [6.07, 6.45) is 4.29. The van der Waals surface area contributed by atoms with Gasteiger partial charge in [-0.15, -0.1) is 0 Å². The summed E-state index contributed by atoms with van der Waals surface area (Å²) in [6, 6.07) is 10.6. The average molecular weight is 308 g/mol. The highest BCUT2D eigenvalue weighted by Crippen LogP contribution is 2.27. The molecule has 5 nitrogen and oxygen atoms in total. The first kappa shape index (κ1) is 14.2. The Morgan fingerprint density at radius 1 is 1.30 bits per heavy atom. The number of nitrogen functional groups attached to an aromatic ring is 1. The van der Waals surface area contributed by atoms with Crippen molar-refractivity contribution in [1.82, 2.24) is 15.3 Å². The summed E-state index contributed by atoms with van der Waals surface area (Å²) < 4.78 is 0. The Labute approximate surface area is 135 Å². The maximum Gasteiger partial charge on any atom is 0.300 e. The normalized spacial score (nSPS) is 21.6. The van der Waals surface area contributed by atoms with Crippen LogP contribution >= 0.6 is 0 Å². The van der Waals surface area contributed by atoms with E-state index in [2.05, 4.69) is 34.3 Å². The number of nitrogens with zero attached hydrogens (tertiary/aromatic N) is 1. The molecular weight excluding hydrogens is 286 g/mol. The van der Waals surface area contributed by atoms with Crippen LogP contribution in [-0.4, -0.2) is 22.6 Å². The van der Waals surface area contributed by atoms with Crippen LogP contribution in [0.3, 0.4) is 0 Å². The molecule has 2 unspecified atom stereocenters. The van der Waals surface area contributed by atoms with E-state index in [9.17, 15) is 0 Å². The molecule has 0 amide bonds. The highest BCUT2D eigenvalue weighted by molar-refractivity contribution is 5.82. The lowest BCUT2D eigenvalue weighted by atomic mass is 9.92. The first-order valence-electron chi connectivity index (χ1n) is 8.19. The van der Waals surface area contributed by atoms with Gasteiger partial charge >= 0.3 is 0 Å². The van der Waals surface area contributed by atoms with Gasteiger partial charge in [0, 0.05) is 23.4 Å². The largest absolute Gasteiger partial charge is 0.399 e. The van der Waals surface area contributed by atoms with Crippen molar-refractivity contribution in [2.75, 3.05) is 12.3 Å². The molecule has 5 N–H and O–H groups in total. The maximum atomic E-state index is 5.88. The number of nitrogens with one attached hydrogen (secondary N) is 3. The van der Waals surface area contributed by atoms with E-state index in [0.29, 0.717) is 12.0 Å². The molecule has 1 fully saturated rings. The second kappa shape index (κ2) is 5.66. The topological polar surface area (TPSA) is 80.9 Å². The molecule has 1 aliphatic rings. The molecule has 0 spiro atoms. The Morgan fingerprint density at radius 2 is 2.22 bits per heavy atom. The fraction of sp³-hybridized carbons (Fsp3) is 0.333. The van der Waals surface area contributed by atoms with Gasteiger partial charge in [0.2, 0.25) is 5.52 Å². The molecule has 4 rings (SSSR count). The van der Waals surface area contributed by atoms with Gasteiger partial charge < -0.3 is 16.0 Å². The van der Waals surface area contributed by atoms with Crippen LogP contribution in [0.1, 0.15) is 31.5 Å². The molecule has 2 aromatic heterocycles. The van der Waals surface area contributed by atoms with Gasteiger partial charge in [-0.1, -0.05) is 12.1 Å². The Kier molecular flexibility index (Phi) is 3.50. The summed E-state index contributed by atoms with van der Waals surface area (Å²) in [5.41, 5.74) is 10.8. The molecule has 5 heteroatoms. The zero-order valence-electron chi connectivity index (χ0n) is 13.3. The Morgan fingerprint density at radius 3 is 3.04 bits per heavy atom. The zero-order valence-corrected chi connectivity index (χ0v) is 13.3. The van der Waals surface area contributed by atoms with Crippen LogP contribution in [0.2, 0.25) is 0 Å². The standard InChI is InChI=1S/C18H21N5/c1-11-7-13(5-6-20-11)18-21-10-17-16(23-18)9-15(22-17)12-3-2-4-14(19)8-12/h2-4,8-11,13,20,22H,5-7,19H2,1H3/p+1. The van der Waals surface area contributed by atoms with Crippen molar-refractivity contribution in [2.45, 2.75) is 31.7 Å². The Bertz CT molecular complexity index is 838. The van der Waals surface area contributed by atoms with Crippen LogP contribution in [0.5, 0.6) is 0 Å². The van der Waals surface area contributed by atoms with Crippen molar-refractivity contribution >= 4 is 16.7 Å². The molecule has 3 aromatic rings. The van der Waals surface area contributed by atoms with Gasteiger partial charge in [-0.05, 0) is 43.4 Å². The van der Waals surface area contributed by atoms with Crippen molar-refractivity contribution in [3.63, 3.8) is 0 Å². The highest BCUT2D eigenvalue weighted by atomic mass is 15.0. The van der Waals surface area contributed by atoms with Crippen LogP contribution in [0, 0.1) is 0 Å². The molecule has 1 aromatic carbocycles. The van der Waals surface area contributed by atoms with Gasteiger partial charge in [-0.2, -0.15) is 0 Å². The number of anilines is 1. The van der Waals surface area contributed by atoms with E-state index in [-0.39, 0.29) is 0 Å². The Hall–Kier alpha value is -2.40. The highest BCUT2D eigenvalue weighted by Gasteiger charge is 2.27. The molecule has 0 radical (unpaired) electrons. The van der Waals surface area contributed by atoms with Crippen molar-refractivity contribution < 1.29 is 4.98 Å². The van der Waals surface area contributed by atoms with Crippen molar-refractivity contribution in [1.29, 1.82) is 0 Å². The van der Waals surface area contributed by atoms with Gasteiger partial charge in [-0.3, -0.25) is 0 Å². The number of hydrogen-bond acceptors (Lipinski definition) is 3. The van der Waals surface area contributed by atoms with Crippen LogP contribution in [-0.2, 0) is 0 Å². The van der Waals surface area contributed by atoms with Gasteiger partial charge in [0.15, 0.2) is 0 Å². The molecule has 23 heavy (non-hydrogen) atoms. The number of rotatable bonds is 2. The van der Waals surface area contributed by atoms with Crippen LogP contribution < -0.4 is 16.0 Å². The van der Waals surface area contributed by atoms with E-state index in [1.54, 1.807) is 0 Å². The van der Waals surface area contributed by atoms with Gasteiger partial charge in [0.25, 0.3) is 5.82 Å². The summed E-state index contributed by atoms with van der Waals surface area (Å²) >= 11 is 0. The summed E-state index contributed by atoms with van der Waals surface area (Å²) in [5.74, 6) is 1.59. The number of H-pyrrole nitrogens is 2. The second-order valence-electron chi connectivity index (χ2n) is 6.47. The first-order valence-corrected chi connectivity index (χ1v) is 8.19. The summed E-state index contributed by atoms with van der Waals surface area (Å²) in [7, 11) is 0. The minimum Gasteiger partial charge on any atom is -0.399 e. The minimum atomic E-state index is 0.501. The molecule has 2 atom stereocenters. The minimum absolute atomic E-state index is 0.501. The second-order valence-corrected chi connectivity index (χ2v) is 6.47. The van der Waals surface area contributed by atoms with Crippen LogP contribution in [0.25, 0.3) is 22.3 Å². The smallest absolute Gasteiger partial charge is 0.300 e. The summed E-state index contributed by atoms with van der Waals surface area (Å²) in [6.45, 7) is 3.29. The van der Waals surface area contributed by atoms with Crippen LogP contribution in [0.15, 0.2) is 36.5 Å². The monoisotopic (exact) mass is 308 g/mol. The van der Waals surface area contributed by atoms with Gasteiger partial charge in [-0.25, -0.2) is 4.98 Å². The third-order valence-corrected chi connectivity index (χ3v) is 4.64. The lowest BCUT2D eigenvalue weighted by Crippen LogP contribution is -2.36. The van der Waals surface area contributed by atoms with Crippen molar-refractivity contribution in [2.24, 2.45) is 0 Å². The molecule has 118 valence electrons. The number of fused-ring (bicyclic) bond motifs is 1. The quantitative estimate of drug-likeness (QED) is 0.636. The van der Waals surface area contributed by atoms with E-state index in [1.165, 1.54) is 0 Å². The molecule has 1 saturated heterocycles. The number of piperidine rings is 1. The lowest BCUT2D eigenvalue weighted by Gasteiger charge is -2.24. The third-order valence-electron chi connectivity index (χ3n) is 4.64. The average Bonchev–Trinajstić information content (AvgIpc) is 2.98. The van der Waals surface area contributed by atoms with E-state index in [0.717, 1.165) is 53.2 Å². The zero-order chi connectivity index (χ0) is 15.8. The van der Waals surface area contributed by atoms with E-state index in [1.807, 2.05) is 24.4 Å². The number of aromatic amines is 2. The SMILES string of the molecule is CC1CC(c2nc3cc(-c4cccc(N)c4)[nH]c3c[nH+]2)CCN1. The molecule has 0 saturated carbocycles. The first-order chi connectivity index (χ1) is 11.2. The van der Waals surface area contributed by atoms with Gasteiger partial charge in [0.05, 0.1) is 11.6 Å². The summed E-state index contributed by atoms with van der Waals surface area (Å²) in [5, 5.41) is 3.49. The Balaban J connectivity index is 1.69. The third kappa shape index (κ3) is 2.80. The van der Waals surface area contributed by atoms with E-state index >= 15 is 0 Å². The summed E-state index contributed by atoms with van der Waals surface area (Å²) in [4.78, 5) is 11.7. The molecule has 3 heterocycles. The van der Waals surface area contributed by atoms with Gasteiger partial charge in [0.1, 0.15) is 11.7 Å². The fourth-order valence-electron chi connectivity index (χ4n) is 3.42. The molecule has 1 aliphatic heterocycles.